The van der Waals surface area contributed by atoms with Crippen LogP contribution in [-0.2, 0) is 27.1 Å². The molecule has 0 fully saturated rings. The maximum absolute atomic E-state index is 13.8. The number of nitrogens with one attached hydrogen (secondary N) is 3. The van der Waals surface area contributed by atoms with Crippen LogP contribution in [0.5, 0.6) is 0 Å². The molecule has 50 heavy (non-hydrogen) atoms. The molecule has 4 atom stereocenters. The number of nitrogens with zero attached hydrogens (tertiary/aromatic N) is 1. The van der Waals surface area contributed by atoms with Crippen molar-refractivity contribution in [2.24, 2.45) is 5.41 Å². The Kier molecular flexibility index (Phi) is 12.6. The van der Waals surface area contributed by atoms with Crippen LogP contribution in [0.15, 0.2) is 91.1 Å². The molecule has 4 N–H and O–H groups in total. The molecule has 0 radical (unpaired) electrons. The van der Waals surface area contributed by atoms with Gasteiger partial charge in [-0.3, -0.25) is 9.78 Å². The minimum absolute atomic E-state index is 0.116. The third-order valence-corrected chi connectivity index (χ3v) is 8.27. The molecule has 4 aromatic rings. The average Bonchev–Trinajstić information content (AvgIpc) is 3.05. The summed E-state index contributed by atoms with van der Waals surface area (Å²) in [4.78, 5) is 43.5. The molecule has 0 bridgehead atoms. The van der Waals surface area contributed by atoms with Gasteiger partial charge < -0.3 is 30.5 Å². The molecule has 0 aliphatic carbocycles. The first-order valence-electron chi connectivity index (χ1n) is 16.9. The Labute approximate surface area is 295 Å². The van der Waals surface area contributed by atoms with Crippen LogP contribution in [0.25, 0.3) is 22.0 Å². The second-order valence-corrected chi connectivity index (χ2v) is 14.7. The molecular formula is C40H50N4O6. The number of ether oxygens (including phenoxy) is 2. The monoisotopic (exact) mass is 682 g/mol. The highest BCUT2D eigenvalue weighted by molar-refractivity contribution is 5.87. The molecule has 3 amide bonds. The minimum atomic E-state index is -1.09. The number of benzene rings is 3. The lowest BCUT2D eigenvalue weighted by Crippen LogP contribution is -2.58. The first kappa shape index (κ1) is 37.9. The number of amides is 3. The number of hydrogen-bond donors (Lipinski definition) is 4. The smallest absolute Gasteiger partial charge is 0.407 e. The van der Waals surface area contributed by atoms with Crippen LogP contribution in [0.2, 0.25) is 0 Å². The number of rotatable bonds is 12. The molecule has 4 rings (SSSR count). The average molecular weight is 683 g/mol. The number of carbonyl (C=O) groups excluding carboxylic acids is 3. The maximum Gasteiger partial charge on any atom is 0.407 e. The zero-order valence-electron chi connectivity index (χ0n) is 30.0. The Morgan fingerprint density at radius 3 is 2.04 bits per heavy atom. The van der Waals surface area contributed by atoms with Crippen LogP contribution in [-0.4, -0.2) is 65.1 Å². The van der Waals surface area contributed by atoms with E-state index in [9.17, 15) is 19.5 Å². The molecule has 266 valence electrons. The van der Waals surface area contributed by atoms with E-state index in [1.807, 2.05) is 106 Å². The molecular weight excluding hydrogens is 632 g/mol. The highest BCUT2D eigenvalue weighted by Crippen LogP contribution is 2.25. The number of pyridine rings is 1. The van der Waals surface area contributed by atoms with Crippen LogP contribution in [0.4, 0.5) is 9.59 Å². The van der Waals surface area contributed by atoms with E-state index in [0.29, 0.717) is 6.42 Å². The van der Waals surface area contributed by atoms with Gasteiger partial charge in [0.1, 0.15) is 11.6 Å². The molecule has 0 saturated heterocycles. The van der Waals surface area contributed by atoms with Crippen molar-refractivity contribution in [3.05, 3.63) is 102 Å². The normalized spacial score (nSPS) is 14.2. The van der Waals surface area contributed by atoms with Crippen molar-refractivity contribution < 1.29 is 29.0 Å². The Bertz CT molecular complexity index is 1730. The molecule has 0 saturated carbocycles. The molecule has 1 heterocycles. The summed E-state index contributed by atoms with van der Waals surface area (Å²) in [5.74, 6) is -0.467. The second kappa shape index (κ2) is 16.6. The van der Waals surface area contributed by atoms with Gasteiger partial charge in [-0.05, 0) is 74.3 Å². The van der Waals surface area contributed by atoms with Gasteiger partial charge in [0.05, 0.1) is 24.8 Å². The van der Waals surface area contributed by atoms with E-state index >= 15 is 0 Å². The van der Waals surface area contributed by atoms with Gasteiger partial charge in [0.25, 0.3) is 0 Å². The molecule has 10 heteroatoms. The highest BCUT2D eigenvalue weighted by Gasteiger charge is 2.36. The Balaban J connectivity index is 1.61. The summed E-state index contributed by atoms with van der Waals surface area (Å²) in [6.07, 6.45) is 0.246. The Morgan fingerprint density at radius 1 is 0.760 bits per heavy atom. The minimum Gasteiger partial charge on any atom is -0.453 e. The van der Waals surface area contributed by atoms with E-state index in [1.54, 1.807) is 20.8 Å². The zero-order valence-corrected chi connectivity index (χ0v) is 30.0. The second-order valence-electron chi connectivity index (χ2n) is 14.7. The fraction of sp³-hybridized carbons (Fsp3) is 0.400. The van der Waals surface area contributed by atoms with E-state index in [0.717, 1.165) is 33.2 Å². The van der Waals surface area contributed by atoms with Gasteiger partial charge in [-0.15, -0.1) is 0 Å². The summed E-state index contributed by atoms with van der Waals surface area (Å²) in [5.41, 5.74) is 3.33. The number of methoxy groups -OCH3 is 1. The van der Waals surface area contributed by atoms with Gasteiger partial charge in [0.15, 0.2) is 0 Å². The third kappa shape index (κ3) is 11.3. The summed E-state index contributed by atoms with van der Waals surface area (Å²) >= 11 is 0. The van der Waals surface area contributed by atoms with E-state index in [1.165, 1.54) is 7.11 Å². The van der Waals surface area contributed by atoms with Gasteiger partial charge in [-0.1, -0.05) is 93.6 Å². The summed E-state index contributed by atoms with van der Waals surface area (Å²) in [6.45, 7) is 10.9. The summed E-state index contributed by atoms with van der Waals surface area (Å²) in [7, 11) is 1.24. The predicted octanol–water partition coefficient (Wildman–Crippen LogP) is 6.59. The first-order valence-corrected chi connectivity index (χ1v) is 16.9. The number of aliphatic hydroxyl groups excluding tert-OH is 1. The Morgan fingerprint density at radius 2 is 1.40 bits per heavy atom. The fourth-order valence-corrected chi connectivity index (χ4v) is 5.74. The molecule has 0 unspecified atom stereocenters. The first-order chi connectivity index (χ1) is 23.6. The van der Waals surface area contributed by atoms with Crippen molar-refractivity contribution in [1.82, 2.24) is 20.9 Å². The quantitative estimate of drug-likeness (QED) is 0.132. The van der Waals surface area contributed by atoms with Crippen LogP contribution in [0.3, 0.4) is 0 Å². The summed E-state index contributed by atoms with van der Waals surface area (Å²) in [5, 5.41) is 21.5. The van der Waals surface area contributed by atoms with Crippen molar-refractivity contribution in [1.29, 1.82) is 0 Å². The standard InChI is InChI=1S/C40H50N4O6/c1-39(2,3)35(44-37(47)49-7)36(46)43-33(22-27-17-19-28(20-18-27)30-23-29-15-11-12-16-32(29)41-25-30)34(45)24-31(21-26-13-9-8-10-14-26)42-38(48)50-40(4,5)6/h8-20,23,25,31,33-35,45H,21-22,24H2,1-7H3,(H,42,48)(H,43,46)(H,44,47)/t31-,33-,34-,35+/m0/s1. The molecule has 0 aliphatic heterocycles. The van der Waals surface area contributed by atoms with E-state index in [4.69, 9.17) is 9.47 Å². The van der Waals surface area contributed by atoms with Crippen molar-refractivity contribution >= 4 is 29.0 Å². The molecule has 0 spiro atoms. The van der Waals surface area contributed by atoms with Gasteiger partial charge in [0.2, 0.25) is 5.91 Å². The Hall–Kier alpha value is -4.96. The summed E-state index contributed by atoms with van der Waals surface area (Å²) in [6, 6.07) is 25.3. The number of alkyl carbamates (subject to hydrolysis) is 2. The predicted molar refractivity (Wildman–Crippen MR) is 196 cm³/mol. The number of carbonyl (C=O) groups is 3. The van der Waals surface area contributed by atoms with Crippen molar-refractivity contribution in [2.45, 2.75) is 90.6 Å². The third-order valence-electron chi connectivity index (χ3n) is 8.27. The fourth-order valence-electron chi connectivity index (χ4n) is 5.74. The molecule has 3 aromatic carbocycles. The largest absolute Gasteiger partial charge is 0.453 e. The van der Waals surface area contributed by atoms with Crippen molar-refractivity contribution in [3.8, 4) is 11.1 Å². The van der Waals surface area contributed by atoms with Crippen LogP contribution >= 0.6 is 0 Å². The summed E-state index contributed by atoms with van der Waals surface area (Å²) < 4.78 is 10.3. The van der Waals surface area contributed by atoms with Crippen molar-refractivity contribution in [3.63, 3.8) is 0 Å². The van der Waals surface area contributed by atoms with Gasteiger partial charge >= 0.3 is 12.2 Å². The van der Waals surface area contributed by atoms with Gasteiger partial charge in [0, 0.05) is 23.2 Å². The molecule has 10 nitrogen and oxygen atoms in total. The SMILES string of the molecule is COC(=O)N[C@H](C(=O)N[C@@H](Cc1ccc(-c2cnc3ccccc3c2)cc1)[C@@H](O)C[C@H](Cc1ccccc1)NC(=O)OC(C)(C)C)C(C)(C)C. The lowest BCUT2D eigenvalue weighted by atomic mass is 9.85. The van der Waals surface area contributed by atoms with Crippen LogP contribution < -0.4 is 16.0 Å². The number of aliphatic hydroxyl groups is 1. The van der Waals surface area contributed by atoms with E-state index in [-0.39, 0.29) is 12.8 Å². The van der Waals surface area contributed by atoms with E-state index in [2.05, 4.69) is 27.0 Å². The highest BCUT2D eigenvalue weighted by atomic mass is 16.6. The lowest BCUT2D eigenvalue weighted by molar-refractivity contribution is -0.127. The molecule has 1 aromatic heterocycles. The zero-order chi connectivity index (χ0) is 36.5. The number of aromatic nitrogens is 1. The van der Waals surface area contributed by atoms with Gasteiger partial charge in [-0.25, -0.2) is 9.59 Å². The topological polar surface area (TPSA) is 139 Å². The van der Waals surface area contributed by atoms with Crippen LogP contribution in [0, 0.1) is 5.41 Å². The maximum atomic E-state index is 13.8. The number of para-hydroxylation sites is 1. The van der Waals surface area contributed by atoms with Crippen molar-refractivity contribution in [2.75, 3.05) is 7.11 Å². The number of fused-ring (bicyclic) bond motifs is 1. The number of hydrogen-bond acceptors (Lipinski definition) is 7. The van der Waals surface area contributed by atoms with E-state index < -0.39 is 53.3 Å². The van der Waals surface area contributed by atoms with Crippen LogP contribution in [0.1, 0.15) is 59.1 Å². The van der Waals surface area contributed by atoms with Gasteiger partial charge in [-0.2, -0.15) is 0 Å². The lowest BCUT2D eigenvalue weighted by Gasteiger charge is -2.33. The molecule has 0 aliphatic rings.